The van der Waals surface area contributed by atoms with Crippen LogP contribution in [-0.2, 0) is 0 Å². The van der Waals surface area contributed by atoms with Crippen molar-refractivity contribution in [2.24, 2.45) is 0 Å². The number of aryl methyl sites for hydroxylation is 1. The van der Waals surface area contributed by atoms with Crippen molar-refractivity contribution >= 4 is 116 Å². The highest BCUT2D eigenvalue weighted by atomic mass is 15.3. The first kappa shape index (κ1) is 81.6. The zero-order valence-corrected chi connectivity index (χ0v) is 75.1. The average molecular weight is 1740 g/mol. The average Bonchev–Trinajstić information content (AvgIpc) is 0.965. The topological polar surface area (TPSA) is 45.8 Å². The first-order valence-corrected chi connectivity index (χ1v) is 47.0. The zero-order valence-electron chi connectivity index (χ0n) is 75.1. The number of para-hydroxylation sites is 7. The van der Waals surface area contributed by atoms with E-state index >= 15 is 0 Å². The van der Waals surface area contributed by atoms with Crippen LogP contribution in [0.1, 0.15) is 40.8 Å². The van der Waals surface area contributed by atoms with Crippen molar-refractivity contribution in [3.63, 3.8) is 0 Å². The SMILES string of the molecule is Cc1ccc2c(-c3ccccc3)c3ccccc3c(-c3ccc(N4c5ccccc5NC4c4ccccc4)cc3)c2c1.c1ccc(-c2ccc(-c3c4ccccc4c(-c4ccccc4)c4cc(C5Nc6ccccc6N5c5ccccc5)ccc34)cc2)cc1.c1ccc(-c2ccc3c(-c4ccccc4)c4ccccc4c(-c4ccc(N5c6ccccc6NC5c5ccccc5)cc4)c3c2)cc1. The Morgan fingerprint density at radius 1 is 0.154 bits per heavy atom. The molecule has 6 heteroatoms. The quantitative estimate of drug-likeness (QED) is 0.0944. The van der Waals surface area contributed by atoms with Crippen LogP contribution in [0.4, 0.5) is 51.2 Å². The largest absolute Gasteiger partial charge is 0.359 e. The van der Waals surface area contributed by atoms with E-state index in [1.807, 2.05) is 0 Å². The molecule has 26 rings (SSSR count). The summed E-state index contributed by atoms with van der Waals surface area (Å²) in [5, 5.41) is 26.5. The molecular formula is C130H94N6. The van der Waals surface area contributed by atoms with Crippen molar-refractivity contribution in [1.82, 2.24) is 0 Å². The molecule has 23 aromatic rings. The van der Waals surface area contributed by atoms with Gasteiger partial charge in [0.05, 0.1) is 34.1 Å². The van der Waals surface area contributed by atoms with Gasteiger partial charge in [-0.3, -0.25) is 0 Å². The minimum atomic E-state index is -0.0529. The smallest absolute Gasteiger partial charge is 0.130 e. The molecule has 6 nitrogen and oxygen atoms in total. The van der Waals surface area contributed by atoms with Crippen LogP contribution in [0.5, 0.6) is 0 Å². The molecule has 23 aromatic carbocycles. The van der Waals surface area contributed by atoms with Crippen molar-refractivity contribution < 1.29 is 0 Å². The van der Waals surface area contributed by atoms with Gasteiger partial charge in [-0.25, -0.2) is 0 Å². The molecule has 3 atom stereocenters. The Kier molecular flexibility index (Phi) is 21.4. The summed E-state index contributed by atoms with van der Waals surface area (Å²) in [6, 6.07) is 187. The van der Waals surface area contributed by atoms with Crippen LogP contribution in [0.2, 0.25) is 0 Å². The van der Waals surface area contributed by atoms with Gasteiger partial charge in [0.1, 0.15) is 18.5 Å². The van der Waals surface area contributed by atoms with E-state index in [2.05, 4.69) is 553 Å². The van der Waals surface area contributed by atoms with E-state index in [-0.39, 0.29) is 18.5 Å². The maximum absolute atomic E-state index is 3.85. The standard InChI is InChI=1S/2C45H32N2.C40H30N2/c1-4-14-31(15-5-1)35-26-29-39-40(30-35)44(38-21-11-10-20-37(38)43(39)32-16-6-2-7-17-32)33-24-27-36(28-25-33)47-42-23-13-12-22-41(42)46-45(47)34-18-8-3-9-19-34;1-4-14-31(15-5-1)32-24-26-34(27-25-32)43-37-20-10-11-21-38(37)44(33-16-6-2-7-17-33)40-30-35(28-29-39(40)43)45-46-41-22-12-13-23-42(41)47(45)36-18-8-3-9-19-36;1-27-20-25-34-35(26-27)39(33-17-9-8-16-32(33)38(34)28-12-4-2-5-13-28)29-21-23-31(24-22-29)42-37-19-11-10-18-36(37)41-40(42)30-14-6-3-7-15-30/h2*1-30,45-46H;2-26,40-41H,1H3. The van der Waals surface area contributed by atoms with Crippen molar-refractivity contribution in [3.8, 4) is 89.0 Å². The van der Waals surface area contributed by atoms with Crippen molar-refractivity contribution in [2.75, 3.05) is 30.7 Å². The fourth-order valence-corrected chi connectivity index (χ4v) is 21.3. The Bertz CT molecular complexity index is 8360. The molecule has 0 fully saturated rings. The summed E-state index contributed by atoms with van der Waals surface area (Å²) >= 11 is 0. The maximum atomic E-state index is 3.85. The molecule has 0 spiro atoms. The molecule has 3 aliphatic heterocycles. The molecule has 136 heavy (non-hydrogen) atoms. The number of benzene rings is 23. The predicted molar refractivity (Wildman–Crippen MR) is 577 cm³/mol. The Morgan fingerprint density at radius 3 is 0.757 bits per heavy atom. The van der Waals surface area contributed by atoms with Crippen molar-refractivity contribution in [1.29, 1.82) is 0 Å². The summed E-state index contributed by atoms with van der Waals surface area (Å²) in [4.78, 5) is 7.24. The van der Waals surface area contributed by atoms with E-state index < -0.39 is 0 Å². The van der Waals surface area contributed by atoms with Crippen LogP contribution in [0.25, 0.3) is 154 Å². The molecular weight excluding hydrogens is 1650 g/mol. The predicted octanol–water partition coefficient (Wildman–Crippen LogP) is 35.4. The molecule has 0 saturated heterocycles. The fraction of sp³-hybridized carbons (Fsp3) is 0.0308. The summed E-state index contributed by atoms with van der Waals surface area (Å²) < 4.78 is 0. The third-order valence-electron chi connectivity index (χ3n) is 27.4. The van der Waals surface area contributed by atoms with Crippen LogP contribution in [0, 0.1) is 6.92 Å². The first-order chi connectivity index (χ1) is 67.4. The monoisotopic (exact) mass is 1740 g/mol. The minimum absolute atomic E-state index is 0.0136. The molecule has 0 radical (unpaired) electrons. The molecule has 644 valence electrons. The number of hydrogen-bond acceptors (Lipinski definition) is 6. The fourth-order valence-electron chi connectivity index (χ4n) is 21.3. The molecule has 3 aliphatic rings. The second-order valence-electron chi connectivity index (χ2n) is 35.5. The van der Waals surface area contributed by atoms with Crippen molar-refractivity contribution in [2.45, 2.75) is 25.4 Å². The molecule has 3 unspecified atom stereocenters. The summed E-state index contributed by atoms with van der Waals surface area (Å²) in [5.41, 5.74) is 35.3. The minimum Gasteiger partial charge on any atom is -0.359 e. The van der Waals surface area contributed by atoms with Gasteiger partial charge in [-0.2, -0.15) is 0 Å². The molecule has 0 bridgehead atoms. The second-order valence-corrected chi connectivity index (χ2v) is 35.5. The van der Waals surface area contributed by atoms with E-state index in [1.54, 1.807) is 0 Å². The van der Waals surface area contributed by atoms with Crippen molar-refractivity contribution in [3.05, 3.63) is 538 Å². The maximum Gasteiger partial charge on any atom is 0.130 e. The Labute approximate surface area is 793 Å². The number of fused-ring (bicyclic) bond motifs is 9. The number of anilines is 9. The highest BCUT2D eigenvalue weighted by molar-refractivity contribution is 6.25. The van der Waals surface area contributed by atoms with Gasteiger partial charge < -0.3 is 30.7 Å². The van der Waals surface area contributed by atoms with Crippen LogP contribution in [-0.4, -0.2) is 0 Å². The second kappa shape index (κ2) is 35.6. The summed E-state index contributed by atoms with van der Waals surface area (Å²) in [7, 11) is 0. The van der Waals surface area contributed by atoms with Gasteiger partial charge in [0.2, 0.25) is 0 Å². The number of rotatable bonds is 14. The normalized spacial score (nSPS) is 14.0. The summed E-state index contributed by atoms with van der Waals surface area (Å²) in [6.07, 6.45) is -0.00786. The summed E-state index contributed by atoms with van der Waals surface area (Å²) in [5.74, 6) is 0. The van der Waals surface area contributed by atoms with Crippen LogP contribution in [0.15, 0.2) is 516 Å². The lowest BCUT2D eigenvalue weighted by molar-refractivity contribution is 0.828. The zero-order chi connectivity index (χ0) is 90.4. The third-order valence-corrected chi connectivity index (χ3v) is 27.4. The molecule has 0 aromatic heterocycles. The van der Waals surface area contributed by atoms with Gasteiger partial charge >= 0.3 is 0 Å². The number of nitrogens with zero attached hydrogens (tertiary/aromatic N) is 3. The van der Waals surface area contributed by atoms with Gasteiger partial charge in [-0.05, 0) is 262 Å². The van der Waals surface area contributed by atoms with E-state index in [1.165, 1.54) is 193 Å². The van der Waals surface area contributed by atoms with E-state index in [0.717, 1.165) is 34.1 Å². The Hall–Kier alpha value is -17.6. The lowest BCUT2D eigenvalue weighted by Gasteiger charge is -2.28. The van der Waals surface area contributed by atoms with Gasteiger partial charge in [0.15, 0.2) is 0 Å². The highest BCUT2D eigenvalue weighted by Gasteiger charge is 2.36. The Balaban J connectivity index is 0.000000112. The van der Waals surface area contributed by atoms with E-state index in [9.17, 15) is 0 Å². The molecule has 0 amide bonds. The number of hydrogen-bond donors (Lipinski definition) is 3. The molecule has 3 N–H and O–H groups in total. The van der Waals surface area contributed by atoms with Crippen LogP contribution < -0.4 is 30.7 Å². The Morgan fingerprint density at radius 2 is 0.382 bits per heavy atom. The number of nitrogens with one attached hydrogen (secondary N) is 3. The van der Waals surface area contributed by atoms with Gasteiger partial charge in [0, 0.05) is 17.1 Å². The molecule has 0 saturated carbocycles. The van der Waals surface area contributed by atoms with Crippen LogP contribution >= 0.6 is 0 Å². The first-order valence-electron chi connectivity index (χ1n) is 47.0. The van der Waals surface area contributed by atoms with Gasteiger partial charge in [-0.1, -0.05) is 436 Å². The lowest BCUT2D eigenvalue weighted by atomic mass is 9.85. The molecule has 3 heterocycles. The lowest BCUT2D eigenvalue weighted by Crippen LogP contribution is -2.23. The van der Waals surface area contributed by atoms with E-state index in [4.69, 9.17) is 0 Å². The van der Waals surface area contributed by atoms with Gasteiger partial charge in [-0.15, -0.1) is 0 Å². The highest BCUT2D eigenvalue weighted by Crippen LogP contribution is 2.54. The van der Waals surface area contributed by atoms with Crippen LogP contribution in [0.3, 0.4) is 0 Å². The molecule has 0 aliphatic carbocycles. The third kappa shape index (κ3) is 15.0. The van der Waals surface area contributed by atoms with E-state index in [0.29, 0.717) is 0 Å². The van der Waals surface area contributed by atoms with Gasteiger partial charge in [0.25, 0.3) is 0 Å². The summed E-state index contributed by atoms with van der Waals surface area (Å²) in [6.45, 7) is 2.19.